The van der Waals surface area contributed by atoms with Crippen molar-refractivity contribution in [2.45, 2.75) is 19.6 Å². The normalized spacial score (nSPS) is 12.0. The molecule has 0 unspecified atom stereocenters. The van der Waals surface area contributed by atoms with E-state index in [0.29, 0.717) is 6.61 Å². The van der Waals surface area contributed by atoms with Crippen LogP contribution in [0.1, 0.15) is 24.1 Å². The molecule has 2 aromatic rings. The Hall–Kier alpha value is -1.04. The zero-order chi connectivity index (χ0) is 15.4. The van der Waals surface area contributed by atoms with Gasteiger partial charge in [0, 0.05) is 26.1 Å². The van der Waals surface area contributed by atoms with Crippen molar-refractivity contribution in [3.63, 3.8) is 0 Å². The molecule has 2 aromatic carbocycles. The van der Waals surface area contributed by atoms with Crippen LogP contribution in [0.25, 0.3) is 0 Å². The third-order valence-corrected chi connectivity index (χ3v) is 4.37. The van der Waals surface area contributed by atoms with Crippen molar-refractivity contribution >= 4 is 31.9 Å². The van der Waals surface area contributed by atoms with Gasteiger partial charge in [0.05, 0.1) is 7.11 Å². The van der Waals surface area contributed by atoms with E-state index in [1.165, 1.54) is 0 Å². The largest absolute Gasteiger partial charge is 0.497 e. The molecule has 21 heavy (non-hydrogen) atoms. The smallest absolute Gasteiger partial charge is 0.125 e. The van der Waals surface area contributed by atoms with Gasteiger partial charge in [-0.1, -0.05) is 37.9 Å². The predicted molar refractivity (Wildman–Crippen MR) is 91.8 cm³/mol. The maximum Gasteiger partial charge on any atom is 0.125 e. The molecule has 2 N–H and O–H groups in total. The predicted octanol–water partition coefficient (Wildman–Crippen LogP) is 4.82. The zero-order valence-electron chi connectivity index (χ0n) is 11.9. The number of halogens is 2. The van der Waals surface area contributed by atoms with Crippen LogP contribution in [0.4, 0.5) is 0 Å². The van der Waals surface area contributed by atoms with Crippen LogP contribution in [0.5, 0.6) is 11.5 Å². The lowest BCUT2D eigenvalue weighted by molar-refractivity contribution is 0.299. The summed E-state index contributed by atoms with van der Waals surface area (Å²) in [6, 6.07) is 11.6. The zero-order valence-corrected chi connectivity index (χ0v) is 15.1. The van der Waals surface area contributed by atoms with Crippen molar-refractivity contribution in [1.82, 2.24) is 0 Å². The SMILES string of the molecule is COc1ccc(Br)c(COc2cc(Br)ccc2[C@@H](C)N)c1. The number of rotatable bonds is 5. The minimum Gasteiger partial charge on any atom is -0.497 e. The summed E-state index contributed by atoms with van der Waals surface area (Å²) in [5.41, 5.74) is 7.99. The Morgan fingerprint density at radius 1 is 1.14 bits per heavy atom. The summed E-state index contributed by atoms with van der Waals surface area (Å²) in [7, 11) is 1.65. The molecule has 5 heteroatoms. The van der Waals surface area contributed by atoms with Crippen molar-refractivity contribution in [1.29, 1.82) is 0 Å². The molecular weight excluding hydrogens is 398 g/mol. The number of hydrogen-bond donors (Lipinski definition) is 1. The van der Waals surface area contributed by atoms with Gasteiger partial charge in [0.2, 0.25) is 0 Å². The Morgan fingerprint density at radius 2 is 1.90 bits per heavy atom. The average molecular weight is 415 g/mol. The second-order valence-electron chi connectivity index (χ2n) is 4.72. The summed E-state index contributed by atoms with van der Waals surface area (Å²) in [4.78, 5) is 0. The standard InChI is InChI=1S/C16H17Br2NO2/c1-10(19)14-5-3-12(17)8-16(14)21-9-11-7-13(20-2)4-6-15(11)18/h3-8,10H,9,19H2,1-2H3/t10-/m1/s1. The number of nitrogens with two attached hydrogens (primary N) is 1. The molecule has 0 aliphatic heterocycles. The van der Waals surface area contributed by atoms with Gasteiger partial charge in [0.15, 0.2) is 0 Å². The van der Waals surface area contributed by atoms with E-state index in [-0.39, 0.29) is 6.04 Å². The van der Waals surface area contributed by atoms with Crippen LogP contribution in [0.2, 0.25) is 0 Å². The molecule has 0 aliphatic rings. The first kappa shape index (κ1) is 16.3. The van der Waals surface area contributed by atoms with E-state index in [1.807, 2.05) is 43.3 Å². The molecule has 0 spiro atoms. The topological polar surface area (TPSA) is 44.5 Å². The van der Waals surface area contributed by atoms with Gasteiger partial charge in [-0.25, -0.2) is 0 Å². The summed E-state index contributed by atoms with van der Waals surface area (Å²) < 4.78 is 13.1. The number of benzene rings is 2. The van der Waals surface area contributed by atoms with Crippen molar-refractivity contribution in [3.05, 3.63) is 56.5 Å². The lowest BCUT2D eigenvalue weighted by Crippen LogP contribution is -2.08. The maximum atomic E-state index is 5.98. The highest BCUT2D eigenvalue weighted by atomic mass is 79.9. The quantitative estimate of drug-likeness (QED) is 0.762. The molecule has 0 bridgehead atoms. The first-order chi connectivity index (χ1) is 10.0. The maximum absolute atomic E-state index is 5.98. The average Bonchev–Trinajstić information content (AvgIpc) is 2.46. The lowest BCUT2D eigenvalue weighted by atomic mass is 10.1. The van der Waals surface area contributed by atoms with Crippen molar-refractivity contribution in [2.24, 2.45) is 5.73 Å². The van der Waals surface area contributed by atoms with Gasteiger partial charge < -0.3 is 15.2 Å². The van der Waals surface area contributed by atoms with E-state index in [4.69, 9.17) is 15.2 Å². The summed E-state index contributed by atoms with van der Waals surface area (Å²) in [6.07, 6.45) is 0. The first-order valence-corrected chi connectivity index (χ1v) is 8.10. The van der Waals surface area contributed by atoms with E-state index >= 15 is 0 Å². The summed E-state index contributed by atoms with van der Waals surface area (Å²) in [5.74, 6) is 1.59. The minimum absolute atomic E-state index is 0.0816. The van der Waals surface area contributed by atoms with Crippen LogP contribution in [-0.2, 0) is 6.61 Å². The lowest BCUT2D eigenvalue weighted by Gasteiger charge is -2.15. The monoisotopic (exact) mass is 413 g/mol. The second kappa shape index (κ2) is 7.29. The van der Waals surface area contributed by atoms with Gasteiger partial charge in [0.25, 0.3) is 0 Å². The highest BCUT2D eigenvalue weighted by Crippen LogP contribution is 2.30. The van der Waals surface area contributed by atoms with Crippen LogP contribution in [0, 0.1) is 0 Å². The van der Waals surface area contributed by atoms with E-state index in [9.17, 15) is 0 Å². The number of hydrogen-bond acceptors (Lipinski definition) is 3. The Kier molecular flexibility index (Phi) is 5.67. The fourth-order valence-corrected chi connectivity index (χ4v) is 2.65. The van der Waals surface area contributed by atoms with E-state index in [2.05, 4.69) is 31.9 Å². The Bertz CT molecular complexity index is 630. The van der Waals surface area contributed by atoms with Crippen LogP contribution in [0.15, 0.2) is 45.3 Å². The molecule has 0 heterocycles. The summed E-state index contributed by atoms with van der Waals surface area (Å²) >= 11 is 6.98. The number of methoxy groups -OCH3 is 1. The molecule has 3 nitrogen and oxygen atoms in total. The fourth-order valence-electron chi connectivity index (χ4n) is 1.95. The van der Waals surface area contributed by atoms with Gasteiger partial charge in [-0.3, -0.25) is 0 Å². The van der Waals surface area contributed by atoms with Crippen molar-refractivity contribution < 1.29 is 9.47 Å². The molecular formula is C16H17Br2NO2. The Balaban J connectivity index is 2.22. The molecule has 0 aliphatic carbocycles. The van der Waals surface area contributed by atoms with Crippen molar-refractivity contribution in [3.8, 4) is 11.5 Å². The number of ether oxygens (including phenoxy) is 2. The Labute approximate surface area is 141 Å². The molecule has 0 aromatic heterocycles. The highest BCUT2D eigenvalue weighted by molar-refractivity contribution is 9.10. The van der Waals surface area contributed by atoms with Gasteiger partial charge in [-0.05, 0) is 37.3 Å². The van der Waals surface area contributed by atoms with E-state index in [1.54, 1.807) is 7.11 Å². The molecule has 0 saturated carbocycles. The molecule has 0 fully saturated rings. The molecule has 112 valence electrons. The Morgan fingerprint density at radius 3 is 2.57 bits per heavy atom. The van der Waals surface area contributed by atoms with E-state index in [0.717, 1.165) is 31.6 Å². The molecule has 0 saturated heterocycles. The van der Waals surface area contributed by atoms with Crippen LogP contribution in [-0.4, -0.2) is 7.11 Å². The van der Waals surface area contributed by atoms with Gasteiger partial charge in [-0.2, -0.15) is 0 Å². The molecule has 2 rings (SSSR count). The third-order valence-electron chi connectivity index (χ3n) is 3.10. The fraction of sp³-hybridized carbons (Fsp3) is 0.250. The molecule has 0 amide bonds. The highest BCUT2D eigenvalue weighted by Gasteiger charge is 2.10. The van der Waals surface area contributed by atoms with E-state index < -0.39 is 0 Å². The first-order valence-electron chi connectivity index (χ1n) is 6.51. The van der Waals surface area contributed by atoms with Gasteiger partial charge >= 0.3 is 0 Å². The second-order valence-corrected chi connectivity index (χ2v) is 6.49. The van der Waals surface area contributed by atoms with Crippen LogP contribution < -0.4 is 15.2 Å². The summed E-state index contributed by atoms with van der Waals surface area (Å²) in [5, 5.41) is 0. The molecule has 0 radical (unpaired) electrons. The van der Waals surface area contributed by atoms with Gasteiger partial charge in [0.1, 0.15) is 18.1 Å². The van der Waals surface area contributed by atoms with Crippen molar-refractivity contribution in [2.75, 3.05) is 7.11 Å². The van der Waals surface area contributed by atoms with Crippen LogP contribution >= 0.6 is 31.9 Å². The minimum atomic E-state index is -0.0816. The third kappa shape index (κ3) is 4.22. The summed E-state index contributed by atoms with van der Waals surface area (Å²) in [6.45, 7) is 2.38. The van der Waals surface area contributed by atoms with Crippen LogP contribution in [0.3, 0.4) is 0 Å². The van der Waals surface area contributed by atoms with Gasteiger partial charge in [-0.15, -0.1) is 0 Å². The molecule has 1 atom stereocenters.